The topological polar surface area (TPSA) is 49.4 Å². The van der Waals surface area contributed by atoms with E-state index in [0.29, 0.717) is 17.1 Å². The first-order chi connectivity index (χ1) is 9.99. The van der Waals surface area contributed by atoms with Gasteiger partial charge in [0.1, 0.15) is 5.82 Å². The Kier molecular flexibility index (Phi) is 3.14. The summed E-state index contributed by atoms with van der Waals surface area (Å²) in [5, 5.41) is 2.74. The van der Waals surface area contributed by atoms with Gasteiger partial charge in [0.15, 0.2) is 0 Å². The molecule has 106 valence electrons. The van der Waals surface area contributed by atoms with E-state index in [2.05, 4.69) is 5.32 Å². The van der Waals surface area contributed by atoms with Crippen molar-refractivity contribution in [1.29, 1.82) is 0 Å². The van der Waals surface area contributed by atoms with Crippen molar-refractivity contribution < 1.29 is 14.0 Å². The number of rotatable bonds is 2. The fraction of sp³-hybridized carbons (Fsp3) is 0.0667. The maximum absolute atomic E-state index is 13.8. The number of para-hydroxylation sites is 1. The molecule has 0 fully saturated rings. The Morgan fingerprint density at radius 2 is 1.86 bits per heavy atom. The lowest BCUT2D eigenvalue weighted by molar-refractivity contribution is -0.112. The molecule has 2 aromatic carbocycles. The molecule has 0 atom stereocenters. The Morgan fingerprint density at radius 1 is 1.14 bits per heavy atom. The van der Waals surface area contributed by atoms with Crippen LogP contribution >= 0.6 is 11.6 Å². The lowest BCUT2D eigenvalue weighted by Gasteiger charge is -2.22. The van der Waals surface area contributed by atoms with E-state index in [1.165, 1.54) is 12.1 Å². The molecule has 0 unspecified atom stereocenters. The molecule has 1 N–H and O–H groups in total. The van der Waals surface area contributed by atoms with Gasteiger partial charge in [-0.3, -0.25) is 9.59 Å². The highest BCUT2D eigenvalue weighted by Crippen LogP contribution is 2.37. The summed E-state index contributed by atoms with van der Waals surface area (Å²) in [5.74, 6) is -1.70. The Hall–Kier alpha value is -2.40. The van der Waals surface area contributed by atoms with Gasteiger partial charge >= 0.3 is 0 Å². The van der Waals surface area contributed by atoms with Gasteiger partial charge in [-0.25, -0.2) is 4.39 Å². The molecule has 1 heterocycles. The van der Waals surface area contributed by atoms with Gasteiger partial charge in [0, 0.05) is 7.05 Å². The SMILES string of the molecule is CN(c1ccccc1F)c1cc2c(cc1Cl)C(=O)C(=O)N2. The van der Waals surface area contributed by atoms with Gasteiger partial charge in [0.2, 0.25) is 0 Å². The van der Waals surface area contributed by atoms with Crippen LogP contribution in [-0.2, 0) is 4.79 Å². The van der Waals surface area contributed by atoms with E-state index < -0.39 is 17.5 Å². The smallest absolute Gasteiger partial charge is 0.296 e. The average Bonchev–Trinajstić information content (AvgIpc) is 2.73. The number of nitrogens with one attached hydrogen (secondary N) is 1. The fourth-order valence-electron chi connectivity index (χ4n) is 2.27. The molecule has 0 saturated heterocycles. The summed E-state index contributed by atoms with van der Waals surface area (Å²) in [5.41, 5.74) is 1.45. The van der Waals surface area contributed by atoms with E-state index in [4.69, 9.17) is 11.6 Å². The van der Waals surface area contributed by atoms with Gasteiger partial charge in [0.05, 0.1) is 27.6 Å². The van der Waals surface area contributed by atoms with Gasteiger partial charge in [-0.1, -0.05) is 23.7 Å². The minimum atomic E-state index is -0.688. The summed E-state index contributed by atoms with van der Waals surface area (Å²) in [6.45, 7) is 0. The quantitative estimate of drug-likeness (QED) is 0.865. The molecule has 6 heteroatoms. The summed E-state index contributed by atoms with van der Waals surface area (Å²) < 4.78 is 13.8. The monoisotopic (exact) mass is 304 g/mol. The first-order valence-electron chi connectivity index (χ1n) is 6.16. The van der Waals surface area contributed by atoms with E-state index in [9.17, 15) is 14.0 Å². The van der Waals surface area contributed by atoms with E-state index in [-0.39, 0.29) is 10.6 Å². The number of halogens is 2. The molecule has 0 saturated carbocycles. The maximum Gasteiger partial charge on any atom is 0.296 e. The van der Waals surface area contributed by atoms with Crippen molar-refractivity contribution in [2.45, 2.75) is 0 Å². The number of benzene rings is 2. The highest BCUT2D eigenvalue weighted by atomic mass is 35.5. The Morgan fingerprint density at radius 3 is 2.57 bits per heavy atom. The van der Waals surface area contributed by atoms with Gasteiger partial charge in [-0.15, -0.1) is 0 Å². The standard InChI is InChI=1S/C15H10ClFN2O2/c1-19(12-5-3-2-4-10(12)17)13-7-11-8(6-9(13)16)14(20)15(21)18-11/h2-7H,1H3,(H,18,20,21). The molecule has 0 radical (unpaired) electrons. The Balaban J connectivity index is 2.09. The third-order valence-electron chi connectivity index (χ3n) is 3.36. The highest BCUT2D eigenvalue weighted by molar-refractivity contribution is 6.52. The van der Waals surface area contributed by atoms with Crippen LogP contribution in [0.1, 0.15) is 10.4 Å². The van der Waals surface area contributed by atoms with Gasteiger partial charge in [0.25, 0.3) is 11.7 Å². The molecule has 0 bridgehead atoms. The molecule has 0 spiro atoms. The lowest BCUT2D eigenvalue weighted by Crippen LogP contribution is -2.12. The molecule has 1 amide bonds. The lowest BCUT2D eigenvalue weighted by atomic mass is 10.1. The summed E-state index contributed by atoms with van der Waals surface area (Å²) >= 11 is 6.16. The van der Waals surface area contributed by atoms with Gasteiger partial charge in [-0.2, -0.15) is 0 Å². The van der Waals surface area contributed by atoms with Crippen molar-refractivity contribution in [3.63, 3.8) is 0 Å². The minimum Gasteiger partial charge on any atom is -0.341 e. The zero-order valence-corrected chi connectivity index (χ0v) is 11.7. The molecule has 21 heavy (non-hydrogen) atoms. The number of nitrogens with zero attached hydrogens (tertiary/aromatic N) is 1. The number of hydrogen-bond donors (Lipinski definition) is 1. The van der Waals surface area contributed by atoms with Crippen LogP contribution in [0, 0.1) is 5.82 Å². The molecule has 2 aromatic rings. The first kappa shape index (κ1) is 13.6. The molecule has 0 aliphatic carbocycles. The van der Waals surface area contributed by atoms with Crippen molar-refractivity contribution in [2.24, 2.45) is 0 Å². The zero-order valence-electron chi connectivity index (χ0n) is 11.0. The second-order valence-electron chi connectivity index (χ2n) is 4.64. The fourth-order valence-corrected chi connectivity index (χ4v) is 2.56. The number of carbonyl (C=O) groups is 2. The number of anilines is 3. The van der Waals surface area contributed by atoms with Crippen LogP contribution in [0.2, 0.25) is 5.02 Å². The van der Waals surface area contributed by atoms with Crippen LogP contribution in [0.4, 0.5) is 21.5 Å². The van der Waals surface area contributed by atoms with Gasteiger partial charge in [-0.05, 0) is 24.3 Å². The predicted octanol–water partition coefficient (Wildman–Crippen LogP) is 3.38. The number of carbonyl (C=O) groups excluding carboxylic acids is 2. The second-order valence-corrected chi connectivity index (χ2v) is 5.05. The maximum atomic E-state index is 13.8. The normalized spacial score (nSPS) is 13.1. The third-order valence-corrected chi connectivity index (χ3v) is 3.66. The molecular weight excluding hydrogens is 295 g/mol. The number of fused-ring (bicyclic) bond motifs is 1. The predicted molar refractivity (Wildman–Crippen MR) is 78.9 cm³/mol. The zero-order chi connectivity index (χ0) is 15.1. The van der Waals surface area contributed by atoms with Crippen molar-refractivity contribution in [3.05, 3.63) is 52.8 Å². The number of Topliss-reactive ketones (excluding diaryl/α,β-unsaturated/α-hetero) is 1. The van der Waals surface area contributed by atoms with Gasteiger partial charge < -0.3 is 10.2 Å². The minimum absolute atomic E-state index is 0.232. The van der Waals surface area contributed by atoms with Crippen molar-refractivity contribution >= 4 is 40.4 Å². The molecular formula is C15H10ClFN2O2. The van der Waals surface area contributed by atoms with Crippen LogP contribution < -0.4 is 10.2 Å². The van der Waals surface area contributed by atoms with Crippen molar-refractivity contribution in [1.82, 2.24) is 0 Å². The molecule has 4 nitrogen and oxygen atoms in total. The van der Waals surface area contributed by atoms with Crippen LogP contribution in [-0.4, -0.2) is 18.7 Å². The number of hydrogen-bond acceptors (Lipinski definition) is 3. The summed E-state index contributed by atoms with van der Waals surface area (Å²) in [4.78, 5) is 24.5. The average molecular weight is 305 g/mol. The highest BCUT2D eigenvalue weighted by Gasteiger charge is 2.29. The largest absolute Gasteiger partial charge is 0.341 e. The second kappa shape index (κ2) is 4.86. The van der Waals surface area contributed by atoms with E-state index >= 15 is 0 Å². The van der Waals surface area contributed by atoms with Crippen molar-refractivity contribution in [2.75, 3.05) is 17.3 Å². The molecule has 1 aliphatic rings. The van der Waals surface area contributed by atoms with Crippen LogP contribution in [0.25, 0.3) is 0 Å². The Bertz CT molecular complexity index is 776. The molecule has 3 rings (SSSR count). The van der Waals surface area contributed by atoms with E-state index in [0.717, 1.165) is 0 Å². The summed E-state index contributed by atoms with van der Waals surface area (Å²) in [6, 6.07) is 9.25. The van der Waals surface area contributed by atoms with Crippen LogP contribution in [0.3, 0.4) is 0 Å². The number of amides is 1. The summed E-state index contributed by atoms with van der Waals surface area (Å²) in [6.07, 6.45) is 0. The molecule has 0 aromatic heterocycles. The van der Waals surface area contributed by atoms with E-state index in [1.807, 2.05) is 0 Å². The van der Waals surface area contributed by atoms with Crippen LogP contribution in [0.5, 0.6) is 0 Å². The van der Waals surface area contributed by atoms with Crippen molar-refractivity contribution in [3.8, 4) is 0 Å². The van der Waals surface area contributed by atoms with E-state index in [1.54, 1.807) is 36.2 Å². The third kappa shape index (κ3) is 2.15. The Labute approximate surface area is 125 Å². The molecule has 1 aliphatic heterocycles. The first-order valence-corrected chi connectivity index (χ1v) is 6.54. The van der Waals surface area contributed by atoms with Crippen LogP contribution in [0.15, 0.2) is 36.4 Å². The number of ketones is 1. The summed E-state index contributed by atoms with van der Waals surface area (Å²) in [7, 11) is 1.66.